The molecule has 7 nitrogen and oxygen atoms in total. The van der Waals surface area contributed by atoms with E-state index in [0.29, 0.717) is 11.4 Å². The van der Waals surface area contributed by atoms with Gasteiger partial charge in [-0.3, -0.25) is 14.9 Å². The van der Waals surface area contributed by atoms with E-state index in [1.807, 2.05) is 24.3 Å². The van der Waals surface area contributed by atoms with Crippen molar-refractivity contribution in [3.8, 4) is 5.75 Å². The van der Waals surface area contributed by atoms with E-state index in [9.17, 15) is 14.4 Å². The Labute approximate surface area is 181 Å². The van der Waals surface area contributed by atoms with E-state index in [-0.39, 0.29) is 12.2 Å². The minimum absolute atomic E-state index is 0.186. The zero-order valence-corrected chi connectivity index (χ0v) is 17.7. The highest BCUT2D eigenvalue weighted by Crippen LogP contribution is 2.22. The lowest BCUT2D eigenvalue weighted by atomic mass is 10.2. The number of halogens is 1. The van der Waals surface area contributed by atoms with Crippen LogP contribution in [0.25, 0.3) is 0 Å². The highest BCUT2D eigenvalue weighted by molar-refractivity contribution is 9.10. The molecule has 0 fully saturated rings. The molecule has 3 aromatic rings. The number of aromatic nitrogens is 1. The molecule has 0 aliphatic carbocycles. The number of imide groups is 1. The molecule has 0 unspecified atom stereocenters. The van der Waals surface area contributed by atoms with Gasteiger partial charge < -0.3 is 14.0 Å². The molecule has 0 atom stereocenters. The van der Waals surface area contributed by atoms with Gasteiger partial charge >= 0.3 is 5.97 Å². The topological polar surface area (TPSA) is 86.6 Å². The van der Waals surface area contributed by atoms with Crippen LogP contribution in [0.1, 0.15) is 26.4 Å². The van der Waals surface area contributed by atoms with E-state index in [1.54, 1.807) is 54.2 Å². The maximum absolute atomic E-state index is 12.4. The fourth-order valence-corrected chi connectivity index (χ4v) is 3.06. The lowest BCUT2D eigenvalue weighted by Gasteiger charge is -2.12. The van der Waals surface area contributed by atoms with Crippen molar-refractivity contribution >= 4 is 33.7 Å². The van der Waals surface area contributed by atoms with Gasteiger partial charge in [-0.05, 0) is 30.3 Å². The first-order valence-electron chi connectivity index (χ1n) is 9.03. The number of aryl methyl sites for hydroxylation is 1. The van der Waals surface area contributed by atoms with E-state index in [0.717, 1.165) is 10.0 Å². The minimum atomic E-state index is -0.723. The average Bonchev–Trinajstić information content (AvgIpc) is 3.17. The summed E-state index contributed by atoms with van der Waals surface area (Å²) in [6, 6.07) is 17.4. The van der Waals surface area contributed by atoms with Crippen molar-refractivity contribution in [1.82, 2.24) is 9.88 Å². The monoisotopic (exact) mass is 470 g/mol. The number of carbonyl (C=O) groups excluding carboxylic acids is 3. The molecule has 2 aromatic carbocycles. The van der Waals surface area contributed by atoms with E-state index >= 15 is 0 Å². The molecular weight excluding hydrogens is 452 g/mol. The predicted molar refractivity (Wildman–Crippen MR) is 113 cm³/mol. The Balaban J connectivity index is 1.58. The van der Waals surface area contributed by atoms with Gasteiger partial charge in [-0.2, -0.15) is 0 Å². The second-order valence-electron chi connectivity index (χ2n) is 6.33. The van der Waals surface area contributed by atoms with Gasteiger partial charge in [0.2, 0.25) is 0 Å². The first kappa shape index (κ1) is 21.3. The number of amides is 2. The lowest BCUT2D eigenvalue weighted by Crippen LogP contribution is -2.35. The van der Waals surface area contributed by atoms with Crippen LogP contribution in [0.5, 0.6) is 5.75 Å². The van der Waals surface area contributed by atoms with Gasteiger partial charge in [0.25, 0.3) is 11.8 Å². The molecule has 8 heteroatoms. The Hall–Kier alpha value is -3.39. The number of rotatable bonds is 7. The molecule has 154 valence electrons. The SMILES string of the molecule is Cn1cccc1C(=O)NC(=O)COC(=O)c1ccccc1OCc1ccccc1Br. The second-order valence-corrected chi connectivity index (χ2v) is 7.19. The van der Waals surface area contributed by atoms with Crippen LogP contribution in [-0.4, -0.2) is 29.0 Å². The van der Waals surface area contributed by atoms with E-state index in [1.165, 1.54) is 0 Å². The summed E-state index contributed by atoms with van der Waals surface area (Å²) in [6.07, 6.45) is 1.68. The van der Waals surface area contributed by atoms with Gasteiger partial charge in [-0.1, -0.05) is 46.3 Å². The summed E-state index contributed by atoms with van der Waals surface area (Å²) in [5.41, 5.74) is 1.42. The summed E-state index contributed by atoms with van der Waals surface area (Å²) in [5, 5.41) is 2.19. The maximum atomic E-state index is 12.4. The molecule has 0 saturated heterocycles. The van der Waals surface area contributed by atoms with Crippen LogP contribution >= 0.6 is 15.9 Å². The van der Waals surface area contributed by atoms with Crippen molar-refractivity contribution in [3.05, 3.63) is 88.2 Å². The van der Waals surface area contributed by atoms with Crippen LogP contribution in [0.3, 0.4) is 0 Å². The first-order valence-corrected chi connectivity index (χ1v) is 9.83. The normalized spacial score (nSPS) is 10.3. The third kappa shape index (κ3) is 5.36. The number of carbonyl (C=O) groups is 3. The molecule has 0 saturated carbocycles. The minimum Gasteiger partial charge on any atom is -0.488 e. The van der Waals surface area contributed by atoms with Crippen LogP contribution in [-0.2, 0) is 23.2 Å². The Kier molecular flexibility index (Phi) is 7.03. The molecule has 0 radical (unpaired) electrons. The lowest BCUT2D eigenvalue weighted by molar-refractivity contribution is -0.123. The fourth-order valence-electron chi connectivity index (χ4n) is 2.66. The number of nitrogens with one attached hydrogen (secondary N) is 1. The summed E-state index contributed by atoms with van der Waals surface area (Å²) in [4.78, 5) is 36.4. The van der Waals surface area contributed by atoms with E-state index in [4.69, 9.17) is 9.47 Å². The molecule has 0 aliphatic heterocycles. The van der Waals surface area contributed by atoms with Gasteiger partial charge in [-0.25, -0.2) is 4.79 Å². The summed E-state index contributed by atoms with van der Waals surface area (Å²) in [7, 11) is 1.68. The first-order chi connectivity index (χ1) is 14.5. The predicted octanol–water partition coefficient (Wildman–Crippen LogP) is 3.48. The smallest absolute Gasteiger partial charge is 0.342 e. The van der Waals surface area contributed by atoms with Gasteiger partial charge in [0, 0.05) is 23.3 Å². The summed E-state index contributed by atoms with van der Waals surface area (Å²) in [5.74, 6) is -1.68. The van der Waals surface area contributed by atoms with Crippen LogP contribution < -0.4 is 10.1 Å². The summed E-state index contributed by atoms with van der Waals surface area (Å²) >= 11 is 3.45. The molecule has 1 N–H and O–H groups in total. The number of benzene rings is 2. The van der Waals surface area contributed by atoms with Crippen molar-refractivity contribution in [3.63, 3.8) is 0 Å². The largest absolute Gasteiger partial charge is 0.488 e. The van der Waals surface area contributed by atoms with Crippen LogP contribution in [0, 0.1) is 0 Å². The number of ether oxygens (including phenoxy) is 2. The number of hydrogen-bond acceptors (Lipinski definition) is 5. The van der Waals surface area contributed by atoms with Gasteiger partial charge in [0.15, 0.2) is 6.61 Å². The quantitative estimate of drug-likeness (QED) is 0.534. The molecule has 0 aliphatic rings. The Morgan fingerprint density at radius 1 is 1.00 bits per heavy atom. The van der Waals surface area contributed by atoms with Gasteiger partial charge in [0.1, 0.15) is 23.6 Å². The number of nitrogens with zero attached hydrogens (tertiary/aromatic N) is 1. The highest BCUT2D eigenvalue weighted by atomic mass is 79.9. The molecule has 0 spiro atoms. The Bertz CT molecular complexity index is 1080. The van der Waals surface area contributed by atoms with Crippen molar-refractivity contribution in [2.75, 3.05) is 6.61 Å². The second kappa shape index (κ2) is 9.89. The van der Waals surface area contributed by atoms with Crippen molar-refractivity contribution < 1.29 is 23.9 Å². The standard InChI is InChI=1S/C22H19BrN2O5/c1-25-12-6-10-18(25)21(27)24-20(26)14-30-22(28)16-8-3-5-11-19(16)29-13-15-7-2-4-9-17(15)23/h2-12H,13-14H2,1H3,(H,24,26,27). The zero-order chi connectivity index (χ0) is 21.5. The zero-order valence-electron chi connectivity index (χ0n) is 16.1. The number of esters is 1. The molecule has 3 rings (SSSR count). The van der Waals surface area contributed by atoms with Crippen molar-refractivity contribution in [2.24, 2.45) is 7.05 Å². The van der Waals surface area contributed by atoms with Crippen LogP contribution in [0.4, 0.5) is 0 Å². The third-order valence-corrected chi connectivity index (χ3v) is 4.99. The molecular formula is C22H19BrN2O5. The number of hydrogen-bond donors (Lipinski definition) is 1. The highest BCUT2D eigenvalue weighted by Gasteiger charge is 2.18. The molecule has 1 heterocycles. The average molecular weight is 471 g/mol. The van der Waals surface area contributed by atoms with E-state index < -0.39 is 24.4 Å². The maximum Gasteiger partial charge on any atom is 0.342 e. The third-order valence-electron chi connectivity index (χ3n) is 4.21. The number of para-hydroxylation sites is 1. The Morgan fingerprint density at radius 2 is 1.73 bits per heavy atom. The van der Waals surface area contributed by atoms with E-state index in [2.05, 4.69) is 21.2 Å². The molecule has 1 aromatic heterocycles. The molecule has 30 heavy (non-hydrogen) atoms. The van der Waals surface area contributed by atoms with Gasteiger partial charge in [0.05, 0.1) is 0 Å². The fraction of sp³-hybridized carbons (Fsp3) is 0.136. The van der Waals surface area contributed by atoms with Crippen molar-refractivity contribution in [1.29, 1.82) is 0 Å². The van der Waals surface area contributed by atoms with Crippen LogP contribution in [0.2, 0.25) is 0 Å². The molecule has 0 bridgehead atoms. The molecule has 2 amide bonds. The van der Waals surface area contributed by atoms with Crippen LogP contribution in [0.15, 0.2) is 71.3 Å². The Morgan fingerprint density at radius 3 is 2.47 bits per heavy atom. The van der Waals surface area contributed by atoms with Crippen molar-refractivity contribution in [2.45, 2.75) is 6.61 Å². The summed E-state index contributed by atoms with van der Waals surface area (Å²) < 4.78 is 13.3. The van der Waals surface area contributed by atoms with Gasteiger partial charge in [-0.15, -0.1) is 0 Å². The summed E-state index contributed by atoms with van der Waals surface area (Å²) in [6.45, 7) is -0.342.